The highest BCUT2D eigenvalue weighted by molar-refractivity contribution is 7.98. The number of carbonyl (C=O) groups is 1. The van der Waals surface area contributed by atoms with E-state index in [2.05, 4.69) is 15.6 Å². The Morgan fingerprint density at radius 1 is 1.03 bits per heavy atom. The van der Waals surface area contributed by atoms with Crippen LogP contribution in [0.5, 0.6) is 0 Å². The maximum atomic E-state index is 13.5. The number of allylic oxidation sites excluding steroid dienone is 1. The van der Waals surface area contributed by atoms with Crippen LogP contribution in [0.25, 0.3) is 0 Å². The molecule has 1 unspecified atom stereocenters. The van der Waals surface area contributed by atoms with Crippen LogP contribution in [0, 0.1) is 0 Å². The fourth-order valence-corrected chi connectivity index (χ4v) is 5.60. The maximum Gasteiger partial charge on any atom is 0.255 e. The Bertz CT molecular complexity index is 1470. The first kappa shape index (κ1) is 24.7. The molecule has 0 saturated heterocycles. The summed E-state index contributed by atoms with van der Waals surface area (Å²) in [6.45, 7) is 1.84. The molecule has 2 N–H and O–H groups in total. The van der Waals surface area contributed by atoms with E-state index in [-0.39, 0.29) is 5.91 Å². The van der Waals surface area contributed by atoms with E-state index in [1.54, 1.807) is 16.8 Å². The summed E-state index contributed by atoms with van der Waals surface area (Å²) in [6.07, 6.45) is 0. The lowest BCUT2D eigenvalue weighted by Crippen LogP contribution is -2.31. The molecule has 0 fully saturated rings. The van der Waals surface area contributed by atoms with Crippen molar-refractivity contribution in [1.82, 2.24) is 14.8 Å². The van der Waals surface area contributed by atoms with Crippen LogP contribution in [0.1, 0.15) is 24.1 Å². The molecular weight excluding hydrogens is 537 g/mol. The van der Waals surface area contributed by atoms with Crippen molar-refractivity contribution < 1.29 is 4.79 Å². The van der Waals surface area contributed by atoms with E-state index in [9.17, 15) is 4.79 Å². The monoisotopic (exact) mass is 555 g/mol. The Hall–Kier alpha value is -2.97. The van der Waals surface area contributed by atoms with Crippen molar-refractivity contribution in [2.45, 2.75) is 23.9 Å². The van der Waals surface area contributed by atoms with Gasteiger partial charge in [0.25, 0.3) is 5.91 Å². The molecule has 0 bridgehead atoms. The summed E-state index contributed by atoms with van der Waals surface area (Å²) in [6, 6.07) is 21.5. The molecule has 0 radical (unpaired) electrons. The van der Waals surface area contributed by atoms with Gasteiger partial charge in [-0.2, -0.15) is 4.98 Å². The lowest BCUT2D eigenvalue weighted by molar-refractivity contribution is -0.113. The van der Waals surface area contributed by atoms with Crippen LogP contribution in [0.15, 0.2) is 89.2 Å². The molecule has 1 amide bonds. The van der Waals surface area contributed by atoms with Gasteiger partial charge in [0.2, 0.25) is 11.1 Å². The number of rotatable bonds is 6. The maximum absolute atomic E-state index is 13.5. The molecule has 2 heterocycles. The topological polar surface area (TPSA) is 71.8 Å². The number of para-hydroxylation sites is 1. The minimum Gasteiger partial charge on any atom is -0.328 e. The number of nitrogens with one attached hydrogen (secondary N) is 2. The standard InChI is InChI=1S/C26H20Cl3N5OS/c1-15-22(24(35)31-18-8-3-2-4-9-18)23(19-12-11-17(27)13-21(19)29)34-25(30-15)32-26(33-34)36-14-16-7-5-6-10-20(16)28/h2-13,23H,14H2,1H3,(H,31,35)(H,30,32,33). The molecule has 1 aliphatic rings. The van der Waals surface area contributed by atoms with Crippen LogP contribution in [0.4, 0.5) is 11.6 Å². The second kappa shape index (κ2) is 10.6. The van der Waals surface area contributed by atoms with Crippen molar-refractivity contribution in [2.75, 3.05) is 10.6 Å². The summed E-state index contributed by atoms with van der Waals surface area (Å²) in [5.74, 6) is 0.846. The number of nitrogens with zero attached hydrogens (tertiary/aromatic N) is 3. The quantitative estimate of drug-likeness (QED) is 0.241. The average Bonchev–Trinajstić information content (AvgIpc) is 3.26. The number of aromatic nitrogens is 3. The molecular formula is C26H20Cl3N5OS. The summed E-state index contributed by atoms with van der Waals surface area (Å²) in [4.78, 5) is 18.2. The number of amides is 1. The highest BCUT2D eigenvalue weighted by Gasteiger charge is 2.35. The number of hydrogen-bond acceptors (Lipinski definition) is 5. The highest BCUT2D eigenvalue weighted by atomic mass is 35.5. The zero-order valence-corrected chi connectivity index (χ0v) is 22.1. The molecule has 0 saturated carbocycles. The van der Waals surface area contributed by atoms with E-state index in [1.165, 1.54) is 11.8 Å². The van der Waals surface area contributed by atoms with Gasteiger partial charge in [0, 0.05) is 37.8 Å². The van der Waals surface area contributed by atoms with Crippen molar-refractivity contribution in [3.63, 3.8) is 0 Å². The third-order valence-electron chi connectivity index (χ3n) is 5.68. The highest BCUT2D eigenvalue weighted by Crippen LogP contribution is 2.40. The van der Waals surface area contributed by atoms with Crippen LogP contribution in [-0.4, -0.2) is 20.7 Å². The van der Waals surface area contributed by atoms with Crippen molar-refractivity contribution in [3.8, 4) is 0 Å². The predicted molar refractivity (Wildman–Crippen MR) is 147 cm³/mol. The molecule has 0 spiro atoms. The molecule has 10 heteroatoms. The molecule has 3 aromatic carbocycles. The van der Waals surface area contributed by atoms with Gasteiger partial charge in [0.1, 0.15) is 6.04 Å². The Balaban J connectivity index is 1.52. The number of thioether (sulfide) groups is 1. The summed E-state index contributed by atoms with van der Waals surface area (Å²) in [5, 5.41) is 13.1. The van der Waals surface area contributed by atoms with Gasteiger partial charge < -0.3 is 10.6 Å². The van der Waals surface area contributed by atoms with Gasteiger partial charge in [0.15, 0.2) is 0 Å². The first-order valence-corrected chi connectivity index (χ1v) is 13.1. The second-order valence-corrected chi connectivity index (χ2v) is 10.3. The fraction of sp³-hybridized carbons (Fsp3) is 0.115. The van der Waals surface area contributed by atoms with Crippen LogP contribution in [-0.2, 0) is 10.5 Å². The number of benzene rings is 3. The molecule has 5 rings (SSSR count). The zero-order valence-electron chi connectivity index (χ0n) is 19.0. The van der Waals surface area contributed by atoms with E-state index in [0.29, 0.717) is 54.4 Å². The molecule has 4 aromatic rings. The van der Waals surface area contributed by atoms with E-state index >= 15 is 0 Å². The lowest BCUT2D eigenvalue weighted by atomic mass is 9.95. The van der Waals surface area contributed by atoms with Crippen LogP contribution < -0.4 is 10.6 Å². The molecule has 1 atom stereocenters. The molecule has 36 heavy (non-hydrogen) atoms. The summed E-state index contributed by atoms with van der Waals surface area (Å²) in [7, 11) is 0. The number of anilines is 2. The van der Waals surface area contributed by atoms with E-state index in [1.807, 2.05) is 67.6 Å². The smallest absolute Gasteiger partial charge is 0.255 e. The summed E-state index contributed by atoms with van der Waals surface area (Å²) in [5.41, 5.74) is 3.49. The molecule has 0 aliphatic carbocycles. The van der Waals surface area contributed by atoms with E-state index in [4.69, 9.17) is 39.9 Å². The Labute approximate surface area is 227 Å². The number of halogens is 3. The number of hydrogen-bond donors (Lipinski definition) is 2. The predicted octanol–water partition coefficient (Wildman–Crippen LogP) is 7.46. The third-order valence-corrected chi connectivity index (χ3v) is 7.50. The number of carbonyl (C=O) groups excluding carboxylic acids is 1. The van der Waals surface area contributed by atoms with E-state index < -0.39 is 6.04 Å². The largest absolute Gasteiger partial charge is 0.328 e. The first-order chi connectivity index (χ1) is 17.4. The van der Waals surface area contributed by atoms with Crippen LogP contribution in [0.3, 0.4) is 0 Å². The van der Waals surface area contributed by atoms with Gasteiger partial charge in [-0.25, -0.2) is 4.68 Å². The van der Waals surface area contributed by atoms with Gasteiger partial charge in [0.05, 0.1) is 5.57 Å². The molecule has 1 aliphatic heterocycles. The summed E-state index contributed by atoms with van der Waals surface area (Å²) < 4.78 is 1.69. The molecule has 182 valence electrons. The fourth-order valence-electron chi connectivity index (χ4n) is 3.98. The first-order valence-electron chi connectivity index (χ1n) is 11.0. The Morgan fingerprint density at radius 2 is 1.78 bits per heavy atom. The second-order valence-electron chi connectivity index (χ2n) is 8.09. The molecule has 1 aromatic heterocycles. The van der Waals surface area contributed by atoms with Crippen LogP contribution in [0.2, 0.25) is 15.1 Å². The van der Waals surface area contributed by atoms with Crippen LogP contribution >= 0.6 is 46.6 Å². The van der Waals surface area contributed by atoms with E-state index in [0.717, 1.165) is 5.56 Å². The molecule has 6 nitrogen and oxygen atoms in total. The van der Waals surface area contributed by atoms with Gasteiger partial charge in [-0.05, 0) is 42.8 Å². The van der Waals surface area contributed by atoms with Crippen molar-refractivity contribution in [2.24, 2.45) is 0 Å². The lowest BCUT2D eigenvalue weighted by Gasteiger charge is -2.29. The zero-order chi connectivity index (χ0) is 25.2. The average molecular weight is 557 g/mol. The van der Waals surface area contributed by atoms with Crippen molar-refractivity contribution in [1.29, 1.82) is 0 Å². The minimum atomic E-state index is -0.614. The minimum absolute atomic E-state index is 0.270. The van der Waals surface area contributed by atoms with Crippen molar-refractivity contribution in [3.05, 3.63) is 110 Å². The Kier molecular flexibility index (Phi) is 7.25. The van der Waals surface area contributed by atoms with Crippen molar-refractivity contribution >= 4 is 64.1 Å². The number of fused-ring (bicyclic) bond motifs is 1. The summed E-state index contributed by atoms with van der Waals surface area (Å²) >= 11 is 20.6. The van der Waals surface area contributed by atoms with Gasteiger partial charge >= 0.3 is 0 Å². The van der Waals surface area contributed by atoms with Gasteiger partial charge in [-0.15, -0.1) is 5.10 Å². The normalized spacial score (nSPS) is 14.8. The van der Waals surface area contributed by atoms with Gasteiger partial charge in [-0.1, -0.05) is 89.0 Å². The Morgan fingerprint density at radius 3 is 2.53 bits per heavy atom. The SMILES string of the molecule is CC1=C(C(=O)Nc2ccccc2)C(c2ccc(Cl)cc2Cl)n2nc(SCc3ccccc3Cl)nc2N1. The van der Waals surface area contributed by atoms with Gasteiger partial charge in [-0.3, -0.25) is 4.79 Å². The third kappa shape index (κ3) is 5.11.